The van der Waals surface area contributed by atoms with Gasteiger partial charge in [0.2, 0.25) is 5.91 Å². The Hall–Kier alpha value is -1.69. The van der Waals surface area contributed by atoms with E-state index in [0.717, 1.165) is 26.2 Å². The summed E-state index contributed by atoms with van der Waals surface area (Å²) in [6, 6.07) is 1.44. The lowest BCUT2D eigenvalue weighted by Gasteiger charge is -2.32. The van der Waals surface area contributed by atoms with Crippen molar-refractivity contribution in [2.24, 2.45) is 0 Å². The molecule has 6 nitrogen and oxygen atoms in total. The van der Waals surface area contributed by atoms with E-state index in [-0.39, 0.29) is 18.0 Å². The maximum atomic E-state index is 12.0. The molecule has 1 saturated heterocycles. The number of aryl methyl sites for hydroxylation is 1. The average Bonchev–Trinajstić information content (AvgIpc) is 2.33. The van der Waals surface area contributed by atoms with Crippen molar-refractivity contribution < 1.29 is 4.79 Å². The molecule has 0 atom stereocenters. The molecule has 98 valence electrons. The summed E-state index contributed by atoms with van der Waals surface area (Å²) in [5.74, 6) is -0.0177. The highest BCUT2D eigenvalue weighted by Crippen LogP contribution is 2.00. The summed E-state index contributed by atoms with van der Waals surface area (Å²) in [4.78, 5) is 31.7. The zero-order valence-electron chi connectivity index (χ0n) is 10.8. The van der Waals surface area contributed by atoms with Gasteiger partial charge in [0.25, 0.3) is 5.56 Å². The number of nitrogens with zero attached hydrogens (tertiary/aromatic N) is 4. The standard InChI is InChI=1S/C12H18N4O2/c1-10-7-11(17)16(9-13-10)8-12(18)15-5-3-14(2)4-6-15/h7,9H,3-6,8H2,1-2H3. The predicted molar refractivity (Wildman–Crippen MR) is 67.3 cm³/mol. The van der Waals surface area contributed by atoms with Crippen LogP contribution < -0.4 is 5.56 Å². The average molecular weight is 250 g/mol. The van der Waals surface area contributed by atoms with Crippen molar-refractivity contribution in [3.8, 4) is 0 Å². The Labute approximate surface area is 106 Å². The van der Waals surface area contributed by atoms with Crippen LogP contribution in [0.1, 0.15) is 5.69 Å². The molecule has 1 amide bonds. The molecule has 0 saturated carbocycles. The molecule has 0 aliphatic carbocycles. The van der Waals surface area contributed by atoms with Crippen LogP contribution in [-0.2, 0) is 11.3 Å². The lowest BCUT2D eigenvalue weighted by molar-refractivity contribution is -0.133. The molecule has 0 N–H and O–H groups in total. The maximum absolute atomic E-state index is 12.0. The molecule has 1 aromatic rings. The van der Waals surface area contributed by atoms with Crippen LogP contribution in [0.4, 0.5) is 0 Å². The van der Waals surface area contributed by atoms with E-state index >= 15 is 0 Å². The number of hydrogen-bond acceptors (Lipinski definition) is 4. The Bertz CT molecular complexity index is 489. The Morgan fingerprint density at radius 1 is 1.33 bits per heavy atom. The molecule has 2 rings (SSSR count). The third-order valence-corrected chi connectivity index (χ3v) is 3.18. The van der Waals surface area contributed by atoms with Gasteiger partial charge in [-0.2, -0.15) is 0 Å². The van der Waals surface area contributed by atoms with Crippen molar-refractivity contribution >= 4 is 5.91 Å². The van der Waals surface area contributed by atoms with Crippen molar-refractivity contribution in [2.45, 2.75) is 13.5 Å². The first-order valence-corrected chi connectivity index (χ1v) is 6.05. The monoisotopic (exact) mass is 250 g/mol. The molecule has 0 radical (unpaired) electrons. The Balaban J connectivity index is 2.01. The Kier molecular flexibility index (Phi) is 3.76. The number of amides is 1. The van der Waals surface area contributed by atoms with Crippen LogP contribution in [0.3, 0.4) is 0 Å². The molecule has 1 aliphatic rings. The van der Waals surface area contributed by atoms with E-state index in [1.165, 1.54) is 17.0 Å². The first-order chi connectivity index (χ1) is 8.56. The minimum absolute atomic E-state index is 0.0177. The highest BCUT2D eigenvalue weighted by atomic mass is 16.2. The van der Waals surface area contributed by atoms with Gasteiger partial charge in [0.1, 0.15) is 6.54 Å². The summed E-state index contributed by atoms with van der Waals surface area (Å²) in [6.45, 7) is 5.05. The van der Waals surface area contributed by atoms with E-state index in [0.29, 0.717) is 5.69 Å². The number of carbonyl (C=O) groups is 1. The number of hydrogen-bond donors (Lipinski definition) is 0. The summed E-state index contributed by atoms with van der Waals surface area (Å²) in [5.41, 5.74) is 0.494. The fourth-order valence-electron chi connectivity index (χ4n) is 1.94. The molecule has 0 bridgehead atoms. The highest BCUT2D eigenvalue weighted by Gasteiger charge is 2.19. The van der Waals surface area contributed by atoms with Crippen LogP contribution in [0.2, 0.25) is 0 Å². The van der Waals surface area contributed by atoms with E-state index in [4.69, 9.17) is 0 Å². The smallest absolute Gasteiger partial charge is 0.253 e. The summed E-state index contributed by atoms with van der Waals surface area (Å²) in [5, 5.41) is 0. The molecule has 0 aromatic carbocycles. The predicted octanol–water partition coefficient (Wildman–Crippen LogP) is -0.674. The van der Waals surface area contributed by atoms with Crippen LogP contribution in [0, 0.1) is 6.92 Å². The van der Waals surface area contributed by atoms with Crippen molar-refractivity contribution in [1.29, 1.82) is 0 Å². The van der Waals surface area contributed by atoms with Crippen LogP contribution in [0.15, 0.2) is 17.2 Å². The summed E-state index contributed by atoms with van der Waals surface area (Å²) in [6.07, 6.45) is 1.44. The van der Waals surface area contributed by atoms with Gasteiger partial charge in [0.15, 0.2) is 0 Å². The van der Waals surface area contributed by atoms with E-state index in [1.54, 1.807) is 11.8 Å². The summed E-state index contributed by atoms with van der Waals surface area (Å²) < 4.78 is 1.35. The Morgan fingerprint density at radius 2 is 2.00 bits per heavy atom. The van der Waals surface area contributed by atoms with E-state index < -0.39 is 0 Å². The van der Waals surface area contributed by atoms with Crippen LogP contribution in [0.5, 0.6) is 0 Å². The second kappa shape index (κ2) is 5.30. The van der Waals surface area contributed by atoms with Gasteiger partial charge >= 0.3 is 0 Å². The number of carbonyl (C=O) groups excluding carboxylic acids is 1. The fraction of sp³-hybridized carbons (Fsp3) is 0.583. The summed E-state index contributed by atoms with van der Waals surface area (Å²) >= 11 is 0. The molecule has 0 spiro atoms. The summed E-state index contributed by atoms with van der Waals surface area (Å²) in [7, 11) is 2.04. The van der Waals surface area contributed by atoms with E-state index in [2.05, 4.69) is 9.88 Å². The minimum atomic E-state index is -0.176. The van der Waals surface area contributed by atoms with Gasteiger partial charge < -0.3 is 9.80 Å². The number of aromatic nitrogens is 2. The van der Waals surface area contributed by atoms with Gasteiger partial charge in [-0.1, -0.05) is 0 Å². The largest absolute Gasteiger partial charge is 0.339 e. The Morgan fingerprint density at radius 3 is 2.61 bits per heavy atom. The molecular formula is C12H18N4O2. The second-order valence-corrected chi connectivity index (χ2v) is 4.68. The van der Waals surface area contributed by atoms with Crippen molar-refractivity contribution in [3.63, 3.8) is 0 Å². The van der Waals surface area contributed by atoms with Gasteiger partial charge in [0.05, 0.1) is 6.33 Å². The zero-order valence-corrected chi connectivity index (χ0v) is 10.8. The molecule has 2 heterocycles. The third-order valence-electron chi connectivity index (χ3n) is 3.18. The fourth-order valence-corrected chi connectivity index (χ4v) is 1.94. The third kappa shape index (κ3) is 2.95. The lowest BCUT2D eigenvalue weighted by atomic mass is 10.3. The first kappa shape index (κ1) is 12.8. The van der Waals surface area contributed by atoms with Crippen LogP contribution in [-0.4, -0.2) is 58.5 Å². The highest BCUT2D eigenvalue weighted by molar-refractivity contribution is 5.76. The van der Waals surface area contributed by atoms with Crippen molar-refractivity contribution in [1.82, 2.24) is 19.4 Å². The number of likely N-dealkylation sites (N-methyl/N-ethyl adjacent to an activating group) is 1. The molecular weight excluding hydrogens is 232 g/mol. The minimum Gasteiger partial charge on any atom is -0.339 e. The quantitative estimate of drug-likeness (QED) is 0.698. The molecule has 18 heavy (non-hydrogen) atoms. The zero-order chi connectivity index (χ0) is 13.1. The molecule has 1 aliphatic heterocycles. The molecule has 0 unspecified atom stereocenters. The second-order valence-electron chi connectivity index (χ2n) is 4.68. The number of rotatable bonds is 2. The van der Waals surface area contributed by atoms with Crippen molar-refractivity contribution in [2.75, 3.05) is 33.2 Å². The van der Waals surface area contributed by atoms with Gasteiger partial charge in [0, 0.05) is 37.9 Å². The van der Waals surface area contributed by atoms with E-state index in [1.807, 2.05) is 7.05 Å². The molecule has 6 heteroatoms. The van der Waals surface area contributed by atoms with Gasteiger partial charge in [-0.3, -0.25) is 14.2 Å². The van der Waals surface area contributed by atoms with Crippen LogP contribution >= 0.6 is 0 Å². The van der Waals surface area contributed by atoms with Gasteiger partial charge in [-0.05, 0) is 14.0 Å². The van der Waals surface area contributed by atoms with E-state index in [9.17, 15) is 9.59 Å². The SMILES string of the molecule is Cc1cc(=O)n(CC(=O)N2CCN(C)CC2)cn1. The van der Waals surface area contributed by atoms with Gasteiger partial charge in [-0.25, -0.2) is 4.98 Å². The maximum Gasteiger partial charge on any atom is 0.253 e. The first-order valence-electron chi connectivity index (χ1n) is 6.05. The van der Waals surface area contributed by atoms with Crippen molar-refractivity contribution in [3.05, 3.63) is 28.4 Å². The van der Waals surface area contributed by atoms with Crippen LogP contribution in [0.25, 0.3) is 0 Å². The topological polar surface area (TPSA) is 58.4 Å². The molecule has 1 aromatic heterocycles. The normalized spacial score (nSPS) is 16.9. The van der Waals surface area contributed by atoms with Gasteiger partial charge in [-0.15, -0.1) is 0 Å². The number of piperazine rings is 1. The molecule has 1 fully saturated rings. The lowest BCUT2D eigenvalue weighted by Crippen LogP contribution is -2.48.